The number of hydrogen-bond acceptors (Lipinski definition) is 2. The van der Waals surface area contributed by atoms with Crippen LogP contribution in [-0.2, 0) is 4.79 Å². The van der Waals surface area contributed by atoms with E-state index in [0.29, 0.717) is 5.56 Å². The molecule has 0 saturated heterocycles. The Labute approximate surface area is 123 Å². The molecule has 2 atom stereocenters. The van der Waals surface area contributed by atoms with Crippen LogP contribution in [0.1, 0.15) is 22.6 Å². The zero-order valence-corrected chi connectivity index (χ0v) is 11.7. The smallest absolute Gasteiger partial charge is 0.314 e. The van der Waals surface area contributed by atoms with Crippen molar-refractivity contribution in [2.75, 3.05) is 0 Å². The average Bonchev–Trinajstić information content (AvgIpc) is 2.48. The number of aliphatic carboxylic acids is 1. The minimum Gasteiger partial charge on any atom is -0.481 e. The fraction of sp³-hybridized carbons (Fsp3) is 0.167. The minimum absolute atomic E-state index is 0.544. The van der Waals surface area contributed by atoms with Crippen molar-refractivity contribution in [3.8, 4) is 11.8 Å². The highest BCUT2D eigenvalue weighted by molar-refractivity contribution is 5.77. The van der Waals surface area contributed by atoms with Crippen molar-refractivity contribution in [3.05, 3.63) is 71.3 Å². The minimum atomic E-state index is -1.26. The van der Waals surface area contributed by atoms with Gasteiger partial charge in [-0.2, -0.15) is 0 Å². The van der Waals surface area contributed by atoms with Crippen LogP contribution in [0, 0.1) is 18.8 Å². The third-order valence-corrected chi connectivity index (χ3v) is 3.16. The number of carboxylic acids is 1. The third-order valence-electron chi connectivity index (χ3n) is 3.16. The van der Waals surface area contributed by atoms with Gasteiger partial charge in [-0.1, -0.05) is 59.9 Å². The number of hydrogen-bond donors (Lipinski definition) is 2. The van der Waals surface area contributed by atoms with Crippen molar-refractivity contribution >= 4 is 5.97 Å². The fourth-order valence-electron chi connectivity index (χ4n) is 2.00. The number of aryl methyl sites for hydroxylation is 1. The van der Waals surface area contributed by atoms with Crippen LogP contribution in [0.15, 0.2) is 54.6 Å². The van der Waals surface area contributed by atoms with Gasteiger partial charge >= 0.3 is 5.97 Å². The second kappa shape index (κ2) is 6.74. The van der Waals surface area contributed by atoms with Crippen LogP contribution >= 0.6 is 0 Å². The van der Waals surface area contributed by atoms with Gasteiger partial charge < -0.3 is 10.2 Å². The van der Waals surface area contributed by atoms with Crippen LogP contribution < -0.4 is 0 Å². The van der Waals surface area contributed by atoms with Crippen molar-refractivity contribution in [2.45, 2.75) is 18.9 Å². The summed E-state index contributed by atoms with van der Waals surface area (Å²) in [4.78, 5) is 11.4. The molecular formula is C18H16O3. The van der Waals surface area contributed by atoms with Crippen LogP contribution in [0.3, 0.4) is 0 Å². The molecule has 0 amide bonds. The molecule has 2 aromatic carbocycles. The number of rotatable bonds is 3. The first-order chi connectivity index (χ1) is 10.1. The Hall–Kier alpha value is -2.57. The van der Waals surface area contributed by atoms with E-state index in [9.17, 15) is 15.0 Å². The maximum atomic E-state index is 11.4. The van der Waals surface area contributed by atoms with Gasteiger partial charge in [-0.3, -0.25) is 4.79 Å². The fourth-order valence-corrected chi connectivity index (χ4v) is 2.00. The molecule has 0 aliphatic carbocycles. The summed E-state index contributed by atoms with van der Waals surface area (Å²) in [6.45, 7) is 1.92. The van der Waals surface area contributed by atoms with Crippen molar-refractivity contribution < 1.29 is 15.0 Å². The van der Waals surface area contributed by atoms with E-state index in [1.807, 2.05) is 37.3 Å². The summed E-state index contributed by atoms with van der Waals surface area (Å²) in [5, 5.41) is 19.4. The van der Waals surface area contributed by atoms with Gasteiger partial charge in [0.15, 0.2) is 0 Å². The molecular weight excluding hydrogens is 264 g/mol. The molecule has 2 aromatic rings. The molecule has 2 N–H and O–H groups in total. The number of aliphatic hydroxyl groups excluding tert-OH is 1. The predicted octanol–water partition coefficient (Wildman–Crippen LogP) is 2.58. The Bertz CT molecular complexity index is 663. The summed E-state index contributed by atoms with van der Waals surface area (Å²) >= 11 is 0. The predicted molar refractivity (Wildman–Crippen MR) is 80.9 cm³/mol. The van der Waals surface area contributed by atoms with Crippen LogP contribution in [0.2, 0.25) is 0 Å². The van der Waals surface area contributed by atoms with Crippen LogP contribution in [0.4, 0.5) is 0 Å². The van der Waals surface area contributed by atoms with Gasteiger partial charge in [0, 0.05) is 5.56 Å². The number of aliphatic hydroxyl groups is 1. The zero-order valence-electron chi connectivity index (χ0n) is 11.7. The van der Waals surface area contributed by atoms with E-state index < -0.39 is 18.0 Å². The topological polar surface area (TPSA) is 57.5 Å². The van der Waals surface area contributed by atoms with Crippen LogP contribution in [-0.4, -0.2) is 22.3 Å². The lowest BCUT2D eigenvalue weighted by Crippen LogP contribution is -2.24. The van der Waals surface area contributed by atoms with Crippen LogP contribution in [0.5, 0.6) is 0 Å². The molecule has 0 heterocycles. The van der Waals surface area contributed by atoms with E-state index in [4.69, 9.17) is 0 Å². The summed E-state index contributed by atoms with van der Waals surface area (Å²) in [5.74, 6) is 3.27. The highest BCUT2D eigenvalue weighted by atomic mass is 16.4. The summed E-state index contributed by atoms with van der Waals surface area (Å²) < 4.78 is 0. The lowest BCUT2D eigenvalue weighted by atomic mass is 9.93. The van der Waals surface area contributed by atoms with Gasteiger partial charge in [0.2, 0.25) is 0 Å². The molecule has 106 valence electrons. The molecule has 0 aliphatic heterocycles. The van der Waals surface area contributed by atoms with E-state index >= 15 is 0 Å². The SMILES string of the molecule is Cc1ccc([C@@H](C(=O)O)[C@H](O)C#Cc2ccccc2)cc1. The monoisotopic (exact) mass is 280 g/mol. The van der Waals surface area contributed by atoms with E-state index in [2.05, 4.69) is 11.8 Å². The number of benzene rings is 2. The summed E-state index contributed by atoms with van der Waals surface area (Å²) in [7, 11) is 0. The Morgan fingerprint density at radius 1 is 1.05 bits per heavy atom. The van der Waals surface area contributed by atoms with E-state index in [1.54, 1.807) is 24.3 Å². The van der Waals surface area contributed by atoms with Gasteiger partial charge in [0.25, 0.3) is 0 Å². The maximum absolute atomic E-state index is 11.4. The second-order valence-electron chi connectivity index (χ2n) is 4.81. The molecule has 0 radical (unpaired) electrons. The van der Waals surface area contributed by atoms with Gasteiger partial charge in [0.05, 0.1) is 0 Å². The van der Waals surface area contributed by atoms with Crippen molar-refractivity contribution in [1.29, 1.82) is 0 Å². The highest BCUT2D eigenvalue weighted by Gasteiger charge is 2.26. The summed E-state index contributed by atoms with van der Waals surface area (Å²) in [6, 6.07) is 16.2. The van der Waals surface area contributed by atoms with E-state index in [0.717, 1.165) is 11.1 Å². The third kappa shape index (κ3) is 3.95. The Morgan fingerprint density at radius 3 is 2.24 bits per heavy atom. The van der Waals surface area contributed by atoms with E-state index in [1.165, 1.54) is 0 Å². The largest absolute Gasteiger partial charge is 0.481 e. The maximum Gasteiger partial charge on any atom is 0.314 e. The van der Waals surface area contributed by atoms with Crippen molar-refractivity contribution in [3.63, 3.8) is 0 Å². The highest BCUT2D eigenvalue weighted by Crippen LogP contribution is 2.20. The molecule has 0 aromatic heterocycles. The Kier molecular flexibility index (Phi) is 4.76. The first-order valence-corrected chi connectivity index (χ1v) is 6.62. The summed E-state index contributed by atoms with van der Waals surface area (Å²) in [5.41, 5.74) is 2.32. The average molecular weight is 280 g/mol. The molecule has 0 unspecified atom stereocenters. The van der Waals surface area contributed by atoms with Crippen molar-refractivity contribution in [1.82, 2.24) is 0 Å². The molecule has 3 heteroatoms. The molecule has 2 rings (SSSR count). The molecule has 3 nitrogen and oxygen atoms in total. The molecule has 21 heavy (non-hydrogen) atoms. The zero-order chi connectivity index (χ0) is 15.2. The van der Waals surface area contributed by atoms with Gasteiger partial charge in [0.1, 0.15) is 12.0 Å². The summed E-state index contributed by atoms with van der Waals surface area (Å²) in [6.07, 6.45) is -1.26. The lowest BCUT2D eigenvalue weighted by Gasteiger charge is -2.15. The van der Waals surface area contributed by atoms with Gasteiger partial charge in [-0.25, -0.2) is 0 Å². The quantitative estimate of drug-likeness (QED) is 0.850. The van der Waals surface area contributed by atoms with Crippen molar-refractivity contribution in [2.24, 2.45) is 0 Å². The lowest BCUT2D eigenvalue weighted by molar-refractivity contribution is -0.140. The first kappa shape index (κ1) is 14.8. The molecule has 0 aliphatic rings. The first-order valence-electron chi connectivity index (χ1n) is 6.62. The van der Waals surface area contributed by atoms with Crippen LogP contribution in [0.25, 0.3) is 0 Å². The Morgan fingerprint density at radius 2 is 1.67 bits per heavy atom. The Balaban J connectivity index is 2.25. The van der Waals surface area contributed by atoms with Gasteiger partial charge in [-0.05, 0) is 24.6 Å². The normalized spacial score (nSPS) is 12.9. The van der Waals surface area contributed by atoms with E-state index in [-0.39, 0.29) is 0 Å². The number of carboxylic acid groups (broad SMARTS) is 1. The van der Waals surface area contributed by atoms with Gasteiger partial charge in [-0.15, -0.1) is 0 Å². The second-order valence-corrected chi connectivity index (χ2v) is 4.81. The molecule has 0 fully saturated rings. The molecule has 0 saturated carbocycles. The molecule has 0 spiro atoms. The standard InChI is InChI=1S/C18H16O3/c1-13-7-10-15(11-8-13)17(18(20)21)16(19)12-9-14-5-3-2-4-6-14/h2-8,10-11,16-17,19H,1H3,(H,20,21)/t16-,17-/m1/s1. The number of carbonyl (C=O) groups is 1. The molecule has 0 bridgehead atoms.